The molecule has 0 saturated carbocycles. The van der Waals surface area contributed by atoms with Gasteiger partial charge >= 0.3 is 18.2 Å². The highest BCUT2D eigenvalue weighted by molar-refractivity contribution is 5.88. The Labute approximate surface area is 191 Å². The van der Waals surface area contributed by atoms with E-state index in [4.69, 9.17) is 14.2 Å². The molecule has 0 aromatic rings. The van der Waals surface area contributed by atoms with Crippen molar-refractivity contribution in [2.45, 2.75) is 97.8 Å². The summed E-state index contributed by atoms with van der Waals surface area (Å²) in [5.74, 6) is -1.05. The number of carbonyl (C=O) groups is 4. The Balaban J connectivity index is 4.63. The van der Waals surface area contributed by atoms with Crippen LogP contribution in [-0.2, 0) is 23.8 Å². The van der Waals surface area contributed by atoms with Crippen molar-refractivity contribution in [2.24, 2.45) is 0 Å². The highest BCUT2D eigenvalue weighted by Gasteiger charge is 2.24. The molecule has 0 aromatic carbocycles. The van der Waals surface area contributed by atoms with Crippen molar-refractivity contribution < 1.29 is 33.4 Å². The molecule has 0 aliphatic carbocycles. The smallest absolute Gasteiger partial charge is 0.408 e. The first-order valence-corrected chi connectivity index (χ1v) is 11.1. The summed E-state index contributed by atoms with van der Waals surface area (Å²) in [4.78, 5) is 48.0. The number of carbonyl (C=O) groups excluding carboxylic acids is 4. The van der Waals surface area contributed by atoms with Gasteiger partial charge in [-0.25, -0.2) is 9.59 Å². The van der Waals surface area contributed by atoms with Gasteiger partial charge in [-0.3, -0.25) is 9.59 Å². The third-order valence-electron chi connectivity index (χ3n) is 3.76. The van der Waals surface area contributed by atoms with Crippen LogP contribution < -0.4 is 16.0 Å². The molecule has 0 bridgehead atoms. The standard InChI is InChI=1S/C22H41N3O7/c1-8-9-14-30-17(26)15-24-18(27)16(25-20(29)32-22(5,6)7)12-10-11-13-23-19(28)31-21(2,3)4/h16H,8-15H2,1-7H3,(H,23,28)(H,24,27)(H,25,29)/t16-/m0/s1. The molecular weight excluding hydrogens is 418 g/mol. The van der Waals surface area contributed by atoms with E-state index in [9.17, 15) is 19.2 Å². The van der Waals surface area contributed by atoms with Gasteiger partial charge in [-0.05, 0) is 67.2 Å². The molecule has 3 amide bonds. The Morgan fingerprint density at radius 3 is 1.97 bits per heavy atom. The molecule has 0 aromatic heterocycles. The minimum atomic E-state index is -0.894. The van der Waals surface area contributed by atoms with E-state index in [1.807, 2.05) is 6.92 Å². The lowest BCUT2D eigenvalue weighted by Gasteiger charge is -2.23. The molecule has 0 rings (SSSR count). The van der Waals surface area contributed by atoms with Crippen molar-refractivity contribution in [1.29, 1.82) is 0 Å². The summed E-state index contributed by atoms with van der Waals surface area (Å²) in [6.45, 7) is 12.8. The van der Waals surface area contributed by atoms with Crippen molar-refractivity contribution in [3.63, 3.8) is 0 Å². The lowest BCUT2D eigenvalue weighted by Crippen LogP contribution is -2.49. The van der Waals surface area contributed by atoms with E-state index in [0.29, 0.717) is 32.4 Å². The fourth-order valence-electron chi connectivity index (χ4n) is 2.36. The molecular formula is C22H41N3O7. The lowest BCUT2D eigenvalue weighted by atomic mass is 10.1. The molecule has 32 heavy (non-hydrogen) atoms. The van der Waals surface area contributed by atoms with Gasteiger partial charge < -0.3 is 30.2 Å². The molecule has 10 heteroatoms. The molecule has 0 aliphatic rings. The van der Waals surface area contributed by atoms with E-state index in [2.05, 4.69) is 16.0 Å². The predicted octanol–water partition coefficient (Wildman–Crippen LogP) is 3.03. The molecule has 186 valence electrons. The zero-order chi connectivity index (χ0) is 24.8. The van der Waals surface area contributed by atoms with Crippen LogP contribution in [0.5, 0.6) is 0 Å². The summed E-state index contributed by atoms with van der Waals surface area (Å²) >= 11 is 0. The largest absolute Gasteiger partial charge is 0.464 e. The Kier molecular flexibility index (Phi) is 13.4. The van der Waals surface area contributed by atoms with Crippen LogP contribution in [0.4, 0.5) is 9.59 Å². The summed E-state index contributed by atoms with van der Waals surface area (Å²) in [6, 6.07) is -0.894. The fourth-order valence-corrected chi connectivity index (χ4v) is 2.36. The van der Waals surface area contributed by atoms with Crippen LogP contribution in [0, 0.1) is 0 Å². The van der Waals surface area contributed by atoms with E-state index in [1.165, 1.54) is 0 Å². The predicted molar refractivity (Wildman–Crippen MR) is 120 cm³/mol. The molecule has 10 nitrogen and oxygen atoms in total. The lowest BCUT2D eigenvalue weighted by molar-refractivity contribution is -0.144. The quantitative estimate of drug-likeness (QED) is 0.232. The first-order chi connectivity index (χ1) is 14.7. The van der Waals surface area contributed by atoms with E-state index >= 15 is 0 Å². The molecule has 0 unspecified atom stereocenters. The van der Waals surface area contributed by atoms with E-state index in [1.54, 1.807) is 41.5 Å². The molecule has 1 atom stereocenters. The zero-order valence-electron chi connectivity index (χ0n) is 20.6. The van der Waals surface area contributed by atoms with Gasteiger partial charge in [0.2, 0.25) is 5.91 Å². The van der Waals surface area contributed by atoms with Gasteiger partial charge in [-0.1, -0.05) is 13.3 Å². The van der Waals surface area contributed by atoms with Crippen molar-refractivity contribution in [3.8, 4) is 0 Å². The number of esters is 1. The number of amides is 3. The van der Waals surface area contributed by atoms with Crippen LogP contribution >= 0.6 is 0 Å². The SMILES string of the molecule is CCCCOC(=O)CNC(=O)[C@H](CCCCNC(=O)OC(C)(C)C)NC(=O)OC(C)(C)C. The second kappa shape index (κ2) is 14.5. The van der Waals surface area contributed by atoms with Gasteiger partial charge in [0.25, 0.3) is 0 Å². The Morgan fingerprint density at radius 1 is 0.812 bits per heavy atom. The maximum absolute atomic E-state index is 12.5. The molecule has 3 N–H and O–H groups in total. The molecule has 0 fully saturated rings. The third kappa shape index (κ3) is 17.2. The Bertz CT molecular complexity index is 610. The summed E-state index contributed by atoms with van der Waals surface area (Å²) < 4.78 is 15.4. The third-order valence-corrected chi connectivity index (χ3v) is 3.76. The van der Waals surface area contributed by atoms with Crippen molar-refractivity contribution in [2.75, 3.05) is 19.7 Å². The molecule has 0 heterocycles. The highest BCUT2D eigenvalue weighted by Crippen LogP contribution is 2.09. The fraction of sp³-hybridized carbons (Fsp3) is 0.818. The monoisotopic (exact) mass is 459 g/mol. The topological polar surface area (TPSA) is 132 Å². The Hall–Kier alpha value is -2.52. The molecule has 0 saturated heterocycles. The maximum atomic E-state index is 12.5. The van der Waals surface area contributed by atoms with E-state index < -0.39 is 41.3 Å². The number of rotatable bonds is 12. The van der Waals surface area contributed by atoms with Crippen molar-refractivity contribution in [3.05, 3.63) is 0 Å². The average molecular weight is 460 g/mol. The van der Waals surface area contributed by atoms with Crippen LogP contribution in [0.15, 0.2) is 0 Å². The number of ether oxygens (including phenoxy) is 3. The summed E-state index contributed by atoms with van der Waals surface area (Å²) in [5, 5.41) is 7.68. The van der Waals surface area contributed by atoms with Gasteiger partial charge in [0.05, 0.1) is 6.61 Å². The van der Waals surface area contributed by atoms with Crippen LogP contribution in [-0.4, -0.2) is 61.0 Å². The molecule has 0 radical (unpaired) electrons. The minimum Gasteiger partial charge on any atom is -0.464 e. The van der Waals surface area contributed by atoms with Crippen molar-refractivity contribution >= 4 is 24.1 Å². The van der Waals surface area contributed by atoms with Gasteiger partial charge in [0, 0.05) is 6.54 Å². The number of nitrogens with one attached hydrogen (secondary N) is 3. The van der Waals surface area contributed by atoms with Crippen LogP contribution in [0.25, 0.3) is 0 Å². The van der Waals surface area contributed by atoms with Gasteiger partial charge in [-0.2, -0.15) is 0 Å². The maximum Gasteiger partial charge on any atom is 0.408 e. The number of hydrogen-bond acceptors (Lipinski definition) is 7. The second-order valence-electron chi connectivity index (χ2n) is 9.42. The van der Waals surface area contributed by atoms with Crippen LogP contribution in [0.3, 0.4) is 0 Å². The van der Waals surface area contributed by atoms with Crippen LogP contribution in [0.2, 0.25) is 0 Å². The summed E-state index contributed by atoms with van der Waals surface area (Å²) in [7, 11) is 0. The van der Waals surface area contributed by atoms with Gasteiger partial charge in [-0.15, -0.1) is 0 Å². The second-order valence-corrected chi connectivity index (χ2v) is 9.42. The molecule has 0 spiro atoms. The minimum absolute atomic E-state index is 0.282. The normalized spacial score (nSPS) is 12.3. The first kappa shape index (κ1) is 29.5. The number of hydrogen-bond donors (Lipinski definition) is 3. The van der Waals surface area contributed by atoms with Gasteiger partial charge in [0.15, 0.2) is 0 Å². The van der Waals surface area contributed by atoms with E-state index in [-0.39, 0.29) is 6.54 Å². The summed E-state index contributed by atoms with van der Waals surface area (Å²) in [6.07, 6.45) is 1.80. The molecule has 0 aliphatic heterocycles. The number of alkyl carbamates (subject to hydrolysis) is 2. The average Bonchev–Trinajstić information content (AvgIpc) is 2.62. The Morgan fingerprint density at radius 2 is 1.41 bits per heavy atom. The van der Waals surface area contributed by atoms with Gasteiger partial charge in [0.1, 0.15) is 23.8 Å². The zero-order valence-corrected chi connectivity index (χ0v) is 20.6. The number of unbranched alkanes of at least 4 members (excludes halogenated alkanes) is 2. The summed E-state index contributed by atoms with van der Waals surface area (Å²) in [5.41, 5.74) is -1.30. The van der Waals surface area contributed by atoms with Crippen LogP contribution in [0.1, 0.15) is 80.6 Å². The van der Waals surface area contributed by atoms with E-state index in [0.717, 1.165) is 12.8 Å². The highest BCUT2D eigenvalue weighted by atomic mass is 16.6. The van der Waals surface area contributed by atoms with Crippen molar-refractivity contribution in [1.82, 2.24) is 16.0 Å². The first-order valence-electron chi connectivity index (χ1n) is 11.1.